The summed E-state index contributed by atoms with van der Waals surface area (Å²) in [6.45, 7) is 0. The first-order valence-corrected chi connectivity index (χ1v) is 7.80. The van der Waals surface area contributed by atoms with Crippen LogP contribution >= 0.6 is 27.7 Å². The van der Waals surface area contributed by atoms with Crippen molar-refractivity contribution < 1.29 is 9.47 Å². The molecule has 5 heteroatoms. The number of nitrogens with two attached hydrogens (primary N) is 1. The van der Waals surface area contributed by atoms with Gasteiger partial charge in [0.25, 0.3) is 0 Å². The summed E-state index contributed by atoms with van der Waals surface area (Å²) < 4.78 is 11.6. The van der Waals surface area contributed by atoms with E-state index in [0.29, 0.717) is 5.25 Å². The highest BCUT2D eigenvalue weighted by Gasteiger charge is 2.27. The van der Waals surface area contributed by atoms with E-state index >= 15 is 0 Å². The van der Waals surface area contributed by atoms with Crippen molar-refractivity contribution in [3.63, 3.8) is 0 Å². The van der Waals surface area contributed by atoms with E-state index in [-0.39, 0.29) is 6.04 Å². The van der Waals surface area contributed by atoms with Gasteiger partial charge in [0.05, 0.1) is 14.2 Å². The van der Waals surface area contributed by atoms with Crippen molar-refractivity contribution in [3.8, 4) is 11.5 Å². The lowest BCUT2D eigenvalue weighted by molar-refractivity contribution is 0.383. The molecule has 2 unspecified atom stereocenters. The van der Waals surface area contributed by atoms with Crippen molar-refractivity contribution in [3.05, 3.63) is 22.2 Å². The van der Waals surface area contributed by atoms with Crippen LogP contribution in [0.15, 0.2) is 16.6 Å². The van der Waals surface area contributed by atoms with E-state index in [0.717, 1.165) is 21.5 Å². The third-order valence-electron chi connectivity index (χ3n) is 3.24. The zero-order valence-corrected chi connectivity index (χ0v) is 13.0. The molecule has 0 aliphatic carbocycles. The monoisotopic (exact) mass is 331 g/mol. The number of hydrogen-bond acceptors (Lipinski definition) is 4. The summed E-state index contributed by atoms with van der Waals surface area (Å²) in [5.74, 6) is 2.76. The van der Waals surface area contributed by atoms with Gasteiger partial charge in [0.2, 0.25) is 0 Å². The van der Waals surface area contributed by atoms with Gasteiger partial charge in [-0.25, -0.2) is 0 Å². The van der Waals surface area contributed by atoms with Gasteiger partial charge >= 0.3 is 0 Å². The molecule has 2 N–H and O–H groups in total. The van der Waals surface area contributed by atoms with Crippen molar-refractivity contribution in [1.29, 1.82) is 0 Å². The van der Waals surface area contributed by atoms with Crippen LogP contribution in [-0.4, -0.2) is 25.2 Å². The van der Waals surface area contributed by atoms with Gasteiger partial charge < -0.3 is 15.2 Å². The minimum Gasteiger partial charge on any atom is -0.495 e. The minimum absolute atomic E-state index is 0.00894. The predicted molar refractivity (Wildman–Crippen MR) is 79.7 cm³/mol. The largest absolute Gasteiger partial charge is 0.495 e. The zero-order chi connectivity index (χ0) is 13.1. The molecule has 3 nitrogen and oxygen atoms in total. The molecule has 1 aliphatic rings. The van der Waals surface area contributed by atoms with Gasteiger partial charge in [-0.1, -0.05) is 0 Å². The lowest BCUT2D eigenvalue weighted by Crippen LogP contribution is -2.22. The molecule has 100 valence electrons. The fraction of sp³-hybridized carbons (Fsp3) is 0.538. The van der Waals surface area contributed by atoms with Gasteiger partial charge in [0.15, 0.2) is 0 Å². The Hall–Kier alpha value is -0.390. The Labute approximate surface area is 121 Å². The normalized spacial score (nSPS) is 20.8. The third kappa shape index (κ3) is 2.63. The molecule has 0 spiro atoms. The second-order valence-electron chi connectivity index (χ2n) is 4.28. The van der Waals surface area contributed by atoms with Crippen molar-refractivity contribution in [2.75, 3.05) is 20.0 Å². The van der Waals surface area contributed by atoms with Crippen molar-refractivity contribution in [2.24, 2.45) is 5.73 Å². The summed E-state index contributed by atoms with van der Waals surface area (Å²) in [5.41, 5.74) is 7.42. The smallest absolute Gasteiger partial charge is 0.141 e. The standard InChI is InChI=1S/C13H18BrNO2S/c1-16-9-6-5-8(13(17-2)11(9)14)12(15)10-4-3-7-18-10/h5-6,10,12H,3-4,7,15H2,1-2H3. The van der Waals surface area contributed by atoms with Crippen LogP contribution in [0.5, 0.6) is 11.5 Å². The lowest BCUT2D eigenvalue weighted by Gasteiger charge is -2.22. The van der Waals surface area contributed by atoms with Crippen LogP contribution in [0.4, 0.5) is 0 Å². The molecule has 1 saturated heterocycles. The Morgan fingerprint density at radius 3 is 2.72 bits per heavy atom. The molecule has 0 bridgehead atoms. The highest BCUT2D eigenvalue weighted by Crippen LogP contribution is 2.43. The summed E-state index contributed by atoms with van der Waals surface area (Å²) in [6.07, 6.45) is 2.43. The molecule has 2 atom stereocenters. The van der Waals surface area contributed by atoms with E-state index in [4.69, 9.17) is 15.2 Å². The van der Waals surface area contributed by atoms with E-state index < -0.39 is 0 Å². The second-order valence-corrected chi connectivity index (χ2v) is 6.42. The number of ether oxygens (including phenoxy) is 2. The zero-order valence-electron chi connectivity index (χ0n) is 10.6. The number of hydrogen-bond donors (Lipinski definition) is 1. The molecule has 1 heterocycles. The summed E-state index contributed by atoms with van der Waals surface area (Å²) >= 11 is 5.47. The Morgan fingerprint density at radius 1 is 1.39 bits per heavy atom. The maximum Gasteiger partial charge on any atom is 0.141 e. The van der Waals surface area contributed by atoms with Gasteiger partial charge in [0, 0.05) is 16.9 Å². The van der Waals surface area contributed by atoms with Crippen LogP contribution in [0.1, 0.15) is 24.4 Å². The molecule has 2 rings (SSSR count). The van der Waals surface area contributed by atoms with Crippen LogP contribution in [0.25, 0.3) is 0 Å². The van der Waals surface area contributed by atoms with Gasteiger partial charge in [-0.05, 0) is 46.7 Å². The molecule has 0 saturated carbocycles. The van der Waals surface area contributed by atoms with Gasteiger partial charge in [-0.2, -0.15) is 11.8 Å². The first-order chi connectivity index (χ1) is 8.69. The molecular weight excluding hydrogens is 314 g/mol. The Kier molecular flexibility index (Phi) is 4.81. The Balaban J connectivity index is 2.34. The lowest BCUT2D eigenvalue weighted by atomic mass is 10.0. The number of halogens is 1. The molecule has 0 amide bonds. The maximum atomic E-state index is 6.37. The molecule has 1 aromatic rings. The molecule has 1 aromatic carbocycles. The van der Waals surface area contributed by atoms with Crippen molar-refractivity contribution in [2.45, 2.75) is 24.1 Å². The van der Waals surface area contributed by atoms with E-state index in [1.807, 2.05) is 23.9 Å². The van der Waals surface area contributed by atoms with E-state index in [2.05, 4.69) is 15.9 Å². The van der Waals surface area contributed by atoms with E-state index in [9.17, 15) is 0 Å². The van der Waals surface area contributed by atoms with E-state index in [1.54, 1.807) is 14.2 Å². The summed E-state index contributed by atoms with van der Waals surface area (Å²) in [7, 11) is 3.31. The van der Waals surface area contributed by atoms with Gasteiger partial charge in [-0.15, -0.1) is 0 Å². The quantitative estimate of drug-likeness (QED) is 0.918. The van der Waals surface area contributed by atoms with Gasteiger partial charge in [-0.3, -0.25) is 0 Å². The number of thioether (sulfide) groups is 1. The van der Waals surface area contributed by atoms with Crippen molar-refractivity contribution >= 4 is 27.7 Å². The summed E-state index contributed by atoms with van der Waals surface area (Å²) in [4.78, 5) is 0. The summed E-state index contributed by atoms with van der Waals surface area (Å²) in [5, 5.41) is 0.485. The van der Waals surface area contributed by atoms with Crippen LogP contribution < -0.4 is 15.2 Å². The fourth-order valence-corrected chi connectivity index (χ4v) is 4.27. The molecular formula is C13H18BrNO2S. The number of benzene rings is 1. The molecule has 18 heavy (non-hydrogen) atoms. The first-order valence-electron chi connectivity index (χ1n) is 5.96. The Bertz CT molecular complexity index is 422. The van der Waals surface area contributed by atoms with E-state index in [1.165, 1.54) is 18.6 Å². The number of rotatable bonds is 4. The molecule has 1 fully saturated rings. The predicted octanol–water partition coefficient (Wildman–Crippen LogP) is 3.36. The molecule has 1 aliphatic heterocycles. The fourth-order valence-electron chi connectivity index (χ4n) is 2.27. The molecule has 0 radical (unpaired) electrons. The second kappa shape index (κ2) is 6.17. The average molecular weight is 332 g/mol. The third-order valence-corrected chi connectivity index (χ3v) is 5.47. The topological polar surface area (TPSA) is 44.5 Å². The van der Waals surface area contributed by atoms with Crippen LogP contribution in [0.2, 0.25) is 0 Å². The minimum atomic E-state index is 0.00894. The highest BCUT2D eigenvalue weighted by molar-refractivity contribution is 9.10. The maximum absolute atomic E-state index is 6.37. The molecule has 0 aromatic heterocycles. The van der Waals surface area contributed by atoms with Gasteiger partial charge in [0.1, 0.15) is 16.0 Å². The Morgan fingerprint density at radius 2 is 2.17 bits per heavy atom. The van der Waals surface area contributed by atoms with Crippen LogP contribution in [-0.2, 0) is 0 Å². The van der Waals surface area contributed by atoms with Crippen LogP contribution in [0, 0.1) is 0 Å². The average Bonchev–Trinajstić information content (AvgIpc) is 2.91. The first kappa shape index (κ1) is 14.0. The SMILES string of the molecule is COc1ccc(C(N)C2CCCS2)c(OC)c1Br. The van der Waals surface area contributed by atoms with Crippen molar-refractivity contribution in [1.82, 2.24) is 0 Å². The summed E-state index contributed by atoms with van der Waals surface area (Å²) in [6, 6.07) is 3.95. The highest BCUT2D eigenvalue weighted by atomic mass is 79.9. The number of methoxy groups -OCH3 is 2. The van der Waals surface area contributed by atoms with Crippen LogP contribution in [0.3, 0.4) is 0 Å².